The third-order valence-corrected chi connectivity index (χ3v) is 4.43. The van der Waals surface area contributed by atoms with Gasteiger partial charge in [-0.15, -0.1) is 0 Å². The van der Waals surface area contributed by atoms with Crippen LogP contribution in [0, 0.1) is 0 Å². The van der Waals surface area contributed by atoms with Crippen molar-refractivity contribution in [3.05, 3.63) is 28.8 Å². The zero-order chi connectivity index (χ0) is 16.0. The van der Waals surface area contributed by atoms with Gasteiger partial charge in [0.25, 0.3) is 0 Å². The molecule has 0 saturated heterocycles. The minimum Gasteiger partial charge on any atom is -0.496 e. The van der Waals surface area contributed by atoms with Gasteiger partial charge >= 0.3 is 0 Å². The van der Waals surface area contributed by atoms with Gasteiger partial charge in [-0.2, -0.15) is 0 Å². The molecule has 0 amide bonds. The lowest BCUT2D eigenvalue weighted by molar-refractivity contribution is 0.0907. The molecule has 0 radical (unpaired) electrons. The van der Waals surface area contributed by atoms with E-state index in [4.69, 9.17) is 16.3 Å². The van der Waals surface area contributed by atoms with Crippen molar-refractivity contribution in [2.75, 3.05) is 26.7 Å². The number of benzene rings is 1. The summed E-state index contributed by atoms with van der Waals surface area (Å²) in [7, 11) is 1.71. The fourth-order valence-corrected chi connectivity index (χ4v) is 3.28. The van der Waals surface area contributed by atoms with Crippen LogP contribution in [0.1, 0.15) is 46.2 Å². The lowest BCUT2D eigenvalue weighted by Crippen LogP contribution is -2.52. The van der Waals surface area contributed by atoms with Gasteiger partial charge < -0.3 is 10.1 Å². The maximum atomic E-state index is 6.22. The SMILES string of the molecule is CCNC(c1cc(Cl)ccc1OC)C(C)(C)N(CC)CC. The van der Waals surface area contributed by atoms with E-state index in [-0.39, 0.29) is 11.6 Å². The molecule has 0 bridgehead atoms. The summed E-state index contributed by atoms with van der Waals surface area (Å²) < 4.78 is 5.55. The summed E-state index contributed by atoms with van der Waals surface area (Å²) >= 11 is 6.22. The molecule has 1 unspecified atom stereocenters. The summed E-state index contributed by atoms with van der Waals surface area (Å²) in [5, 5.41) is 4.35. The van der Waals surface area contributed by atoms with Crippen LogP contribution in [0.25, 0.3) is 0 Å². The maximum Gasteiger partial charge on any atom is 0.123 e. The molecule has 0 spiro atoms. The number of hydrogen-bond acceptors (Lipinski definition) is 3. The molecule has 0 fully saturated rings. The molecule has 1 aromatic carbocycles. The molecule has 0 aliphatic carbocycles. The second-order valence-corrected chi connectivity index (χ2v) is 6.14. The highest BCUT2D eigenvalue weighted by atomic mass is 35.5. The topological polar surface area (TPSA) is 24.5 Å². The smallest absolute Gasteiger partial charge is 0.123 e. The number of halogens is 1. The van der Waals surface area contributed by atoms with Gasteiger partial charge in [-0.3, -0.25) is 4.90 Å². The zero-order valence-electron chi connectivity index (χ0n) is 14.2. The van der Waals surface area contributed by atoms with Gasteiger partial charge in [0.15, 0.2) is 0 Å². The first-order valence-electron chi connectivity index (χ1n) is 7.74. The van der Waals surface area contributed by atoms with Crippen LogP contribution in [0.3, 0.4) is 0 Å². The third-order valence-electron chi connectivity index (χ3n) is 4.20. The van der Waals surface area contributed by atoms with Crippen LogP contribution < -0.4 is 10.1 Å². The molecular formula is C17H29ClN2O. The van der Waals surface area contributed by atoms with Gasteiger partial charge in [-0.05, 0) is 51.7 Å². The Morgan fingerprint density at radius 1 is 1.24 bits per heavy atom. The zero-order valence-corrected chi connectivity index (χ0v) is 14.9. The first-order valence-corrected chi connectivity index (χ1v) is 8.11. The van der Waals surface area contributed by atoms with Gasteiger partial charge in [0.1, 0.15) is 5.75 Å². The van der Waals surface area contributed by atoms with E-state index in [0.29, 0.717) is 0 Å². The van der Waals surface area contributed by atoms with E-state index in [1.165, 1.54) is 0 Å². The van der Waals surface area contributed by atoms with Crippen LogP contribution in [0.5, 0.6) is 5.75 Å². The van der Waals surface area contributed by atoms with E-state index in [1.54, 1.807) is 7.11 Å². The summed E-state index contributed by atoms with van der Waals surface area (Å²) in [5.74, 6) is 0.880. The Hall–Kier alpha value is -0.770. The lowest BCUT2D eigenvalue weighted by atomic mass is 9.86. The minimum absolute atomic E-state index is 0.0442. The summed E-state index contributed by atoms with van der Waals surface area (Å²) in [5.41, 5.74) is 1.07. The van der Waals surface area contributed by atoms with Crippen molar-refractivity contribution in [2.24, 2.45) is 0 Å². The molecule has 0 heterocycles. The average Bonchev–Trinajstić information content (AvgIpc) is 2.45. The second-order valence-electron chi connectivity index (χ2n) is 5.70. The van der Waals surface area contributed by atoms with E-state index in [9.17, 15) is 0 Å². The van der Waals surface area contributed by atoms with Crippen LogP contribution >= 0.6 is 11.6 Å². The predicted molar refractivity (Wildman–Crippen MR) is 91.4 cm³/mol. The maximum absolute atomic E-state index is 6.22. The van der Waals surface area contributed by atoms with E-state index in [0.717, 1.165) is 36.0 Å². The Morgan fingerprint density at radius 3 is 2.33 bits per heavy atom. The second kappa shape index (κ2) is 8.02. The first kappa shape index (κ1) is 18.3. The number of nitrogens with one attached hydrogen (secondary N) is 1. The molecule has 0 aromatic heterocycles. The lowest BCUT2D eigenvalue weighted by Gasteiger charge is -2.44. The van der Waals surface area contributed by atoms with Crippen LogP contribution in [0.15, 0.2) is 18.2 Å². The van der Waals surface area contributed by atoms with Crippen molar-refractivity contribution >= 4 is 11.6 Å². The van der Waals surface area contributed by atoms with Gasteiger partial charge in [0, 0.05) is 16.1 Å². The molecule has 120 valence electrons. The number of methoxy groups -OCH3 is 1. The number of nitrogens with zero attached hydrogens (tertiary/aromatic N) is 1. The van der Waals surface area contributed by atoms with Crippen molar-refractivity contribution in [1.82, 2.24) is 10.2 Å². The van der Waals surface area contributed by atoms with Crippen LogP contribution in [0.4, 0.5) is 0 Å². The van der Waals surface area contributed by atoms with E-state index in [1.807, 2.05) is 18.2 Å². The Bertz CT molecular complexity index is 444. The van der Waals surface area contributed by atoms with Crippen molar-refractivity contribution in [2.45, 2.75) is 46.2 Å². The van der Waals surface area contributed by atoms with Gasteiger partial charge in [-0.1, -0.05) is 32.4 Å². The highest BCUT2D eigenvalue weighted by molar-refractivity contribution is 6.30. The van der Waals surface area contributed by atoms with Gasteiger partial charge in [0.05, 0.1) is 13.2 Å². The van der Waals surface area contributed by atoms with Crippen LogP contribution in [0.2, 0.25) is 5.02 Å². The summed E-state index contributed by atoms with van der Waals surface area (Å²) in [4.78, 5) is 2.46. The van der Waals surface area contributed by atoms with Gasteiger partial charge in [0.2, 0.25) is 0 Å². The number of ether oxygens (including phenoxy) is 1. The van der Waals surface area contributed by atoms with E-state index >= 15 is 0 Å². The average molecular weight is 313 g/mol. The molecular weight excluding hydrogens is 284 g/mol. The fraction of sp³-hybridized carbons (Fsp3) is 0.647. The molecule has 1 aromatic rings. The molecule has 0 aliphatic heterocycles. The molecule has 21 heavy (non-hydrogen) atoms. The molecule has 1 rings (SSSR count). The number of rotatable bonds is 8. The number of hydrogen-bond donors (Lipinski definition) is 1. The number of likely N-dealkylation sites (N-methyl/N-ethyl adjacent to an activating group) is 2. The van der Waals surface area contributed by atoms with E-state index in [2.05, 4.69) is 44.8 Å². The highest BCUT2D eigenvalue weighted by Gasteiger charge is 2.36. The van der Waals surface area contributed by atoms with Crippen molar-refractivity contribution < 1.29 is 4.74 Å². The Balaban J connectivity index is 3.32. The minimum atomic E-state index is -0.0442. The summed E-state index contributed by atoms with van der Waals surface area (Å²) in [6, 6.07) is 5.98. The third kappa shape index (κ3) is 4.12. The van der Waals surface area contributed by atoms with Crippen molar-refractivity contribution in [1.29, 1.82) is 0 Å². The fourth-order valence-electron chi connectivity index (χ4n) is 3.10. The largest absolute Gasteiger partial charge is 0.496 e. The first-order chi connectivity index (χ1) is 9.92. The summed E-state index contributed by atoms with van der Waals surface area (Å²) in [6.45, 7) is 14.0. The molecule has 4 heteroatoms. The normalized spacial score (nSPS) is 13.5. The Morgan fingerprint density at radius 2 is 1.86 bits per heavy atom. The van der Waals surface area contributed by atoms with Crippen molar-refractivity contribution in [3.63, 3.8) is 0 Å². The summed E-state index contributed by atoms with van der Waals surface area (Å²) in [6.07, 6.45) is 0. The van der Waals surface area contributed by atoms with Crippen molar-refractivity contribution in [3.8, 4) is 5.75 Å². The van der Waals surface area contributed by atoms with Crippen LogP contribution in [-0.2, 0) is 0 Å². The molecule has 0 saturated carbocycles. The van der Waals surface area contributed by atoms with Crippen LogP contribution in [-0.4, -0.2) is 37.2 Å². The molecule has 3 nitrogen and oxygen atoms in total. The highest BCUT2D eigenvalue weighted by Crippen LogP contribution is 2.37. The van der Waals surface area contributed by atoms with Gasteiger partial charge in [-0.25, -0.2) is 0 Å². The van der Waals surface area contributed by atoms with E-state index < -0.39 is 0 Å². The Kier molecular flexibility index (Phi) is 6.98. The standard InChI is InChI=1S/C17H29ClN2O/c1-7-19-16(17(4,5)20(8-2)9-3)14-12-13(18)10-11-15(14)21-6/h10-12,16,19H,7-9H2,1-6H3. The molecule has 1 atom stereocenters. The monoisotopic (exact) mass is 312 g/mol. The molecule has 0 aliphatic rings. The molecule has 1 N–H and O–H groups in total. The quantitative estimate of drug-likeness (QED) is 0.781. The predicted octanol–water partition coefficient (Wildman–Crippen LogP) is 4.12. The Labute approximate surface area is 134 Å².